The number of rotatable bonds is 5. The summed E-state index contributed by atoms with van der Waals surface area (Å²) in [5.74, 6) is -0.201. The van der Waals surface area contributed by atoms with Crippen molar-refractivity contribution in [3.8, 4) is 0 Å². The largest absolute Gasteiger partial charge is 0.321 e. The van der Waals surface area contributed by atoms with Crippen molar-refractivity contribution in [1.82, 2.24) is 19.6 Å². The highest BCUT2D eigenvalue weighted by molar-refractivity contribution is 6.35. The lowest BCUT2D eigenvalue weighted by atomic mass is 10.2. The molecule has 142 valence electrons. The Morgan fingerprint density at radius 3 is 2.44 bits per heavy atom. The Kier molecular flexibility index (Phi) is 5.79. The van der Waals surface area contributed by atoms with E-state index >= 15 is 0 Å². The number of halogens is 3. The summed E-state index contributed by atoms with van der Waals surface area (Å²) in [7, 11) is 0. The molecule has 2 heterocycles. The minimum absolute atomic E-state index is 0.0750. The lowest BCUT2D eigenvalue weighted by Crippen LogP contribution is -2.21. The van der Waals surface area contributed by atoms with Crippen molar-refractivity contribution < 1.29 is 4.79 Å². The van der Waals surface area contributed by atoms with Gasteiger partial charge in [0.25, 0.3) is 0 Å². The third-order valence-electron chi connectivity index (χ3n) is 4.32. The summed E-state index contributed by atoms with van der Waals surface area (Å²) in [6, 6.07) is 5.35. The van der Waals surface area contributed by atoms with Crippen LogP contribution in [0.5, 0.6) is 0 Å². The highest BCUT2D eigenvalue weighted by Gasteiger charge is 2.16. The van der Waals surface area contributed by atoms with Crippen LogP contribution in [0.2, 0.25) is 15.1 Å². The molecule has 1 amide bonds. The van der Waals surface area contributed by atoms with Crippen LogP contribution < -0.4 is 5.32 Å². The Morgan fingerprint density at radius 1 is 1.07 bits per heavy atom. The number of benzene rings is 1. The van der Waals surface area contributed by atoms with E-state index in [4.69, 9.17) is 34.8 Å². The van der Waals surface area contributed by atoms with Crippen molar-refractivity contribution >= 4 is 46.4 Å². The average molecular weight is 427 g/mol. The first kappa shape index (κ1) is 19.7. The van der Waals surface area contributed by atoms with E-state index in [1.165, 1.54) is 6.20 Å². The molecule has 27 heavy (non-hydrogen) atoms. The Labute approximate surface area is 172 Å². The summed E-state index contributed by atoms with van der Waals surface area (Å²) in [5.41, 5.74) is 3.88. The first-order valence-corrected chi connectivity index (χ1v) is 9.35. The van der Waals surface area contributed by atoms with Gasteiger partial charge in [0.05, 0.1) is 40.5 Å². The number of amides is 1. The summed E-state index contributed by atoms with van der Waals surface area (Å²) >= 11 is 18.2. The Bertz CT molecular complexity index is 1010. The van der Waals surface area contributed by atoms with Crippen LogP contribution in [-0.4, -0.2) is 25.5 Å². The second kappa shape index (κ2) is 7.92. The number of nitrogens with zero attached hydrogens (tertiary/aromatic N) is 4. The van der Waals surface area contributed by atoms with Crippen molar-refractivity contribution in [2.45, 2.75) is 33.9 Å². The zero-order valence-corrected chi connectivity index (χ0v) is 17.3. The van der Waals surface area contributed by atoms with Gasteiger partial charge in [0.1, 0.15) is 6.54 Å². The fourth-order valence-corrected chi connectivity index (χ4v) is 3.35. The molecular weight excluding hydrogens is 409 g/mol. The first-order valence-electron chi connectivity index (χ1n) is 8.22. The number of nitrogens with one attached hydrogen (secondary N) is 1. The van der Waals surface area contributed by atoms with E-state index in [1.54, 1.807) is 21.5 Å². The van der Waals surface area contributed by atoms with Gasteiger partial charge in [-0.25, -0.2) is 0 Å². The molecule has 0 unspecified atom stereocenters. The predicted molar refractivity (Wildman–Crippen MR) is 108 cm³/mol. The summed E-state index contributed by atoms with van der Waals surface area (Å²) < 4.78 is 3.36. The van der Waals surface area contributed by atoms with E-state index in [0.29, 0.717) is 27.3 Å². The second-order valence-electron chi connectivity index (χ2n) is 6.22. The second-order valence-corrected chi connectivity index (χ2v) is 7.47. The van der Waals surface area contributed by atoms with Gasteiger partial charge in [-0.05, 0) is 38.5 Å². The molecule has 3 rings (SSSR count). The fourth-order valence-electron chi connectivity index (χ4n) is 2.74. The molecule has 9 heteroatoms. The van der Waals surface area contributed by atoms with E-state index in [9.17, 15) is 4.79 Å². The normalized spacial score (nSPS) is 11.0. The predicted octanol–water partition coefficient (Wildman–Crippen LogP) is 4.65. The maximum Gasteiger partial charge on any atom is 0.246 e. The number of aryl methyl sites for hydroxylation is 1. The average Bonchev–Trinajstić information content (AvgIpc) is 3.05. The summed E-state index contributed by atoms with van der Waals surface area (Å²) in [6.45, 7) is 6.11. The topological polar surface area (TPSA) is 64.7 Å². The summed E-state index contributed by atoms with van der Waals surface area (Å²) in [4.78, 5) is 12.4. The van der Waals surface area contributed by atoms with Crippen LogP contribution in [0.25, 0.3) is 0 Å². The van der Waals surface area contributed by atoms with Gasteiger partial charge in [-0.15, -0.1) is 0 Å². The molecular formula is C18H18Cl3N5O. The Hall–Kier alpha value is -2.02. The maximum absolute atomic E-state index is 12.4. The molecule has 0 spiro atoms. The molecule has 0 fully saturated rings. The molecule has 0 saturated heterocycles. The van der Waals surface area contributed by atoms with Crippen LogP contribution in [0.15, 0.2) is 24.4 Å². The van der Waals surface area contributed by atoms with E-state index in [2.05, 4.69) is 15.5 Å². The quantitative estimate of drug-likeness (QED) is 0.646. The molecule has 0 aliphatic heterocycles. The molecule has 6 nitrogen and oxygen atoms in total. The third-order valence-corrected chi connectivity index (χ3v) is 5.28. The Balaban J connectivity index is 1.77. The molecule has 0 aliphatic carbocycles. The molecule has 0 bridgehead atoms. The highest BCUT2D eigenvalue weighted by atomic mass is 35.5. The van der Waals surface area contributed by atoms with Gasteiger partial charge in [-0.2, -0.15) is 10.2 Å². The standard InChI is InChI=1S/C18H18Cl3N5O/c1-10-18(23-17(27)9-25-11(2)16(21)7-22-25)12(3)26(24-10)8-13-4-5-14(19)6-15(13)20/h4-7H,8-9H2,1-3H3,(H,23,27). The van der Waals surface area contributed by atoms with Crippen LogP contribution in [0.3, 0.4) is 0 Å². The van der Waals surface area contributed by atoms with Gasteiger partial charge in [0.2, 0.25) is 5.91 Å². The van der Waals surface area contributed by atoms with Crippen molar-refractivity contribution in [2.24, 2.45) is 0 Å². The van der Waals surface area contributed by atoms with Crippen LogP contribution in [0.1, 0.15) is 22.6 Å². The molecule has 0 radical (unpaired) electrons. The van der Waals surface area contributed by atoms with E-state index < -0.39 is 0 Å². The number of hydrogen-bond donors (Lipinski definition) is 1. The monoisotopic (exact) mass is 425 g/mol. The molecule has 2 aromatic heterocycles. The van der Waals surface area contributed by atoms with Crippen molar-refractivity contribution in [1.29, 1.82) is 0 Å². The number of carbonyl (C=O) groups excluding carboxylic acids is 1. The van der Waals surface area contributed by atoms with E-state index in [0.717, 1.165) is 22.6 Å². The highest BCUT2D eigenvalue weighted by Crippen LogP contribution is 2.25. The molecule has 1 N–H and O–H groups in total. The lowest BCUT2D eigenvalue weighted by Gasteiger charge is -2.09. The zero-order valence-electron chi connectivity index (χ0n) is 15.1. The third kappa shape index (κ3) is 4.29. The van der Waals surface area contributed by atoms with Gasteiger partial charge in [-0.1, -0.05) is 40.9 Å². The number of hydrogen-bond acceptors (Lipinski definition) is 3. The van der Waals surface area contributed by atoms with Gasteiger partial charge in [0.15, 0.2) is 0 Å². The number of aromatic nitrogens is 4. The zero-order chi connectivity index (χ0) is 19.7. The lowest BCUT2D eigenvalue weighted by molar-refractivity contribution is -0.116. The smallest absolute Gasteiger partial charge is 0.246 e. The number of carbonyl (C=O) groups is 1. The maximum atomic E-state index is 12.4. The Morgan fingerprint density at radius 2 is 1.81 bits per heavy atom. The minimum Gasteiger partial charge on any atom is -0.321 e. The van der Waals surface area contributed by atoms with Crippen LogP contribution >= 0.6 is 34.8 Å². The van der Waals surface area contributed by atoms with Gasteiger partial charge < -0.3 is 5.32 Å². The van der Waals surface area contributed by atoms with Gasteiger partial charge in [0, 0.05) is 10.0 Å². The van der Waals surface area contributed by atoms with Crippen molar-refractivity contribution in [3.05, 3.63) is 62.1 Å². The van der Waals surface area contributed by atoms with Crippen LogP contribution in [0, 0.1) is 20.8 Å². The van der Waals surface area contributed by atoms with Gasteiger partial charge >= 0.3 is 0 Å². The minimum atomic E-state index is -0.201. The van der Waals surface area contributed by atoms with Crippen molar-refractivity contribution in [3.63, 3.8) is 0 Å². The molecule has 0 saturated carbocycles. The van der Waals surface area contributed by atoms with Gasteiger partial charge in [-0.3, -0.25) is 14.2 Å². The fraction of sp³-hybridized carbons (Fsp3) is 0.278. The molecule has 0 atom stereocenters. The molecule has 0 aliphatic rings. The summed E-state index contributed by atoms with van der Waals surface area (Å²) in [6.07, 6.45) is 1.52. The molecule has 3 aromatic rings. The van der Waals surface area contributed by atoms with E-state index in [-0.39, 0.29) is 12.5 Å². The number of anilines is 1. The first-order chi connectivity index (χ1) is 12.8. The summed E-state index contributed by atoms with van der Waals surface area (Å²) in [5, 5.41) is 13.2. The molecule has 1 aromatic carbocycles. The van der Waals surface area contributed by atoms with Crippen LogP contribution in [-0.2, 0) is 17.9 Å². The van der Waals surface area contributed by atoms with Crippen LogP contribution in [0.4, 0.5) is 5.69 Å². The van der Waals surface area contributed by atoms with E-state index in [1.807, 2.05) is 26.8 Å². The van der Waals surface area contributed by atoms with Crippen molar-refractivity contribution in [2.75, 3.05) is 5.32 Å². The SMILES string of the molecule is Cc1nn(Cc2ccc(Cl)cc2Cl)c(C)c1NC(=O)Cn1ncc(Cl)c1C.